The summed E-state index contributed by atoms with van der Waals surface area (Å²) < 4.78 is 0. The maximum atomic E-state index is 14.4. The number of thiazole rings is 1. The molecule has 4 heterocycles. The number of carbonyl (C=O) groups excluding carboxylic acids is 4. The van der Waals surface area contributed by atoms with Crippen LogP contribution in [-0.2, 0) is 29.1 Å². The van der Waals surface area contributed by atoms with Gasteiger partial charge in [-0.25, -0.2) is 4.98 Å². The number of hydrogen-bond donors (Lipinski definition) is 2. The first-order valence-corrected chi connectivity index (χ1v) is 23.9. The molecule has 4 aliphatic rings. The Hall–Kier alpha value is -5.07. The fourth-order valence-electron chi connectivity index (χ4n) is 11.1. The fraction of sp³-hybridized carbons (Fsp3) is 0.510. The summed E-state index contributed by atoms with van der Waals surface area (Å²) in [5.74, 6) is -0.542. The van der Waals surface area contributed by atoms with E-state index in [1.54, 1.807) is 21.1 Å². The number of carbonyl (C=O) groups is 4. The van der Waals surface area contributed by atoms with E-state index in [2.05, 4.69) is 89.5 Å². The number of hydrogen-bond acceptors (Lipinski definition) is 8. The van der Waals surface area contributed by atoms with Crippen molar-refractivity contribution in [2.24, 2.45) is 16.7 Å². The Morgan fingerprint density at radius 2 is 1.59 bits per heavy atom. The summed E-state index contributed by atoms with van der Waals surface area (Å²) in [6.45, 7) is 20.8. The van der Waals surface area contributed by atoms with Crippen molar-refractivity contribution in [3.05, 3.63) is 106 Å². The van der Waals surface area contributed by atoms with E-state index < -0.39 is 12.1 Å². The second kappa shape index (κ2) is 18.2. The molecule has 12 heteroatoms. The number of benzene rings is 3. The lowest BCUT2D eigenvalue weighted by Crippen LogP contribution is -2.63. The van der Waals surface area contributed by atoms with Crippen LogP contribution < -0.4 is 15.5 Å². The highest BCUT2D eigenvalue weighted by Gasteiger charge is 2.53. The summed E-state index contributed by atoms with van der Waals surface area (Å²) in [7, 11) is 0. The third kappa shape index (κ3) is 9.44. The number of fused-ring (bicyclic) bond motifs is 1. The molecule has 1 saturated carbocycles. The Balaban J connectivity index is 0.807. The average molecular weight is 872 g/mol. The number of anilines is 1. The molecule has 4 amide bonds. The summed E-state index contributed by atoms with van der Waals surface area (Å²) in [4.78, 5) is 69.0. The van der Waals surface area contributed by atoms with Gasteiger partial charge in [-0.05, 0) is 109 Å². The second-order valence-corrected chi connectivity index (χ2v) is 20.9. The van der Waals surface area contributed by atoms with Crippen LogP contribution in [0.3, 0.4) is 0 Å². The molecule has 2 N–H and O–H groups in total. The van der Waals surface area contributed by atoms with E-state index in [9.17, 15) is 19.2 Å². The van der Waals surface area contributed by atoms with E-state index in [-0.39, 0.29) is 46.4 Å². The number of aryl methyl sites for hydroxylation is 2. The Kier molecular flexibility index (Phi) is 12.9. The van der Waals surface area contributed by atoms with Crippen LogP contribution >= 0.6 is 11.3 Å². The Morgan fingerprint density at radius 1 is 0.889 bits per heavy atom. The SMILES string of the molecule is Cc1ncsc1-c1ccc(CNC(=O)[C@@H]2CCCN2C(=O)C(C(C)C)N2Cc3ccc(N4CCN(CCCc5ccc(C(=O)NC6C(C)(C)CC6(C)C)cc5)CC4)cc3C2=O)cc1. The van der Waals surface area contributed by atoms with Gasteiger partial charge in [0.2, 0.25) is 11.8 Å². The quantitative estimate of drug-likeness (QED) is 0.133. The van der Waals surface area contributed by atoms with Crippen molar-refractivity contribution in [1.82, 2.24) is 30.3 Å². The molecule has 0 bridgehead atoms. The van der Waals surface area contributed by atoms with Crippen LogP contribution in [-0.4, -0.2) is 101 Å². The summed E-state index contributed by atoms with van der Waals surface area (Å²) in [5.41, 5.74) is 9.79. The zero-order chi connectivity index (χ0) is 44.6. The van der Waals surface area contributed by atoms with Crippen LogP contribution in [0.5, 0.6) is 0 Å². The molecule has 3 fully saturated rings. The second-order valence-electron chi connectivity index (χ2n) is 20.0. The zero-order valence-electron chi connectivity index (χ0n) is 38.2. The average Bonchev–Trinajstić information content (AvgIpc) is 4.01. The zero-order valence-corrected chi connectivity index (χ0v) is 39.0. The number of piperazine rings is 1. The smallest absolute Gasteiger partial charge is 0.255 e. The van der Waals surface area contributed by atoms with Gasteiger partial charge in [-0.15, -0.1) is 11.3 Å². The van der Waals surface area contributed by atoms with Crippen LogP contribution in [0.25, 0.3) is 10.4 Å². The molecule has 4 aromatic rings. The first kappa shape index (κ1) is 44.5. The van der Waals surface area contributed by atoms with Gasteiger partial charge in [-0.3, -0.25) is 24.1 Å². The van der Waals surface area contributed by atoms with E-state index in [0.717, 1.165) is 96.9 Å². The summed E-state index contributed by atoms with van der Waals surface area (Å²) in [6, 6.07) is 21.4. The molecule has 0 radical (unpaired) electrons. The van der Waals surface area contributed by atoms with Crippen molar-refractivity contribution < 1.29 is 19.2 Å². The van der Waals surface area contributed by atoms with Crippen molar-refractivity contribution in [3.8, 4) is 10.4 Å². The normalized spacial score (nSPS) is 20.2. The molecule has 63 heavy (non-hydrogen) atoms. The number of nitrogens with zero attached hydrogens (tertiary/aromatic N) is 5. The lowest BCUT2D eigenvalue weighted by Gasteiger charge is -2.57. The molecule has 2 saturated heterocycles. The van der Waals surface area contributed by atoms with Gasteiger partial charge in [-0.2, -0.15) is 0 Å². The van der Waals surface area contributed by atoms with E-state index in [0.29, 0.717) is 31.6 Å². The van der Waals surface area contributed by atoms with Crippen LogP contribution in [0.4, 0.5) is 5.69 Å². The van der Waals surface area contributed by atoms with Gasteiger partial charge in [0.25, 0.3) is 11.8 Å². The van der Waals surface area contributed by atoms with Crippen molar-refractivity contribution >= 4 is 40.7 Å². The molecule has 1 unspecified atom stereocenters. The summed E-state index contributed by atoms with van der Waals surface area (Å²) in [6.07, 6.45) is 4.46. The molecular weight excluding hydrogens is 807 g/mol. The van der Waals surface area contributed by atoms with Crippen LogP contribution in [0.2, 0.25) is 0 Å². The van der Waals surface area contributed by atoms with Crippen LogP contribution in [0, 0.1) is 23.7 Å². The first-order valence-electron chi connectivity index (χ1n) is 23.0. The molecule has 3 aromatic carbocycles. The van der Waals surface area contributed by atoms with Crippen LogP contribution in [0.1, 0.15) is 110 Å². The largest absolute Gasteiger partial charge is 0.369 e. The van der Waals surface area contributed by atoms with Gasteiger partial charge >= 0.3 is 0 Å². The molecule has 0 spiro atoms. The van der Waals surface area contributed by atoms with E-state index >= 15 is 0 Å². The van der Waals surface area contributed by atoms with Gasteiger partial charge in [-0.1, -0.05) is 84.0 Å². The standard InChI is InChI=1S/C51H65N7O4S/c1-33(2)43(48(62)57-23-9-11-42(57)46(60)52-29-36-14-16-37(17-15-36)44-34(3)53-32-63-44)58-30-39-20-21-40(28-41(39)47(58)61)56-26-24-55(25-27-56)22-8-10-35-12-18-38(19-13-35)45(59)54-49-50(4,5)31-51(49,6)7/h12-21,28,32-33,42-43,49H,8-11,22-27,29-31H2,1-7H3,(H,52,60)(H,54,59)/t42-,43?/m0/s1. The van der Waals surface area contributed by atoms with E-state index in [1.165, 1.54) is 5.56 Å². The van der Waals surface area contributed by atoms with Crippen LogP contribution in [0.15, 0.2) is 72.2 Å². The van der Waals surface area contributed by atoms with Crippen molar-refractivity contribution in [2.45, 2.75) is 112 Å². The highest BCUT2D eigenvalue weighted by Crippen LogP contribution is 2.53. The topological polar surface area (TPSA) is 118 Å². The Morgan fingerprint density at radius 3 is 2.24 bits per heavy atom. The fourth-order valence-corrected chi connectivity index (χ4v) is 11.9. The van der Waals surface area contributed by atoms with Crippen molar-refractivity contribution in [2.75, 3.05) is 44.2 Å². The predicted octanol–water partition coefficient (Wildman–Crippen LogP) is 7.72. The van der Waals surface area contributed by atoms with E-state index in [1.807, 2.05) is 56.6 Å². The van der Waals surface area contributed by atoms with Gasteiger partial charge < -0.3 is 25.3 Å². The predicted molar refractivity (Wildman–Crippen MR) is 251 cm³/mol. The highest BCUT2D eigenvalue weighted by molar-refractivity contribution is 7.13. The highest BCUT2D eigenvalue weighted by atomic mass is 32.1. The molecule has 1 aromatic heterocycles. The lowest BCUT2D eigenvalue weighted by molar-refractivity contribution is -0.143. The van der Waals surface area contributed by atoms with Gasteiger partial charge in [0, 0.05) is 68.7 Å². The maximum absolute atomic E-state index is 14.4. The van der Waals surface area contributed by atoms with Gasteiger partial charge in [0.05, 0.1) is 16.1 Å². The molecule has 2 atom stereocenters. The number of aromatic nitrogens is 1. The van der Waals surface area contributed by atoms with Crippen molar-refractivity contribution in [1.29, 1.82) is 0 Å². The molecular formula is C51H65N7O4S. The summed E-state index contributed by atoms with van der Waals surface area (Å²) >= 11 is 1.61. The molecule has 11 nitrogen and oxygen atoms in total. The number of nitrogens with one attached hydrogen (secondary N) is 2. The number of rotatable bonds is 14. The molecule has 3 aliphatic heterocycles. The minimum absolute atomic E-state index is 0.0105. The number of amides is 4. The van der Waals surface area contributed by atoms with Gasteiger partial charge in [0.15, 0.2) is 0 Å². The minimum atomic E-state index is -0.664. The maximum Gasteiger partial charge on any atom is 0.255 e. The van der Waals surface area contributed by atoms with Gasteiger partial charge in [0.1, 0.15) is 12.1 Å². The molecule has 334 valence electrons. The Labute approximate surface area is 377 Å². The third-order valence-electron chi connectivity index (χ3n) is 14.1. The Bertz CT molecular complexity index is 2300. The van der Waals surface area contributed by atoms with E-state index in [4.69, 9.17) is 0 Å². The monoisotopic (exact) mass is 871 g/mol. The first-order chi connectivity index (χ1) is 30.1. The minimum Gasteiger partial charge on any atom is -0.369 e. The summed E-state index contributed by atoms with van der Waals surface area (Å²) in [5, 5.41) is 6.38. The van der Waals surface area contributed by atoms with Crippen molar-refractivity contribution in [3.63, 3.8) is 0 Å². The lowest BCUT2D eigenvalue weighted by atomic mass is 9.52. The number of likely N-dealkylation sites (tertiary alicyclic amines) is 1. The molecule has 1 aliphatic carbocycles. The third-order valence-corrected chi connectivity index (χ3v) is 15.0. The molecule has 8 rings (SSSR count).